The predicted octanol–water partition coefficient (Wildman–Crippen LogP) is 11.5. The molecule has 0 bridgehead atoms. The van der Waals surface area contributed by atoms with Crippen LogP contribution >= 0.6 is 7.82 Å². The molecule has 1 unspecified atom stereocenters. The Bertz CT molecular complexity index is 1330. The first-order valence-electron chi connectivity index (χ1n) is 23.1. The average Bonchev–Trinajstić information content (AvgIpc) is 3.23. The molecule has 0 aromatic carbocycles. The highest BCUT2D eigenvalue weighted by molar-refractivity contribution is 7.47. The number of esters is 2. The second-order valence-corrected chi connectivity index (χ2v) is 16.8. The number of carbonyl (C=O) groups is 3. The minimum atomic E-state index is -4.75. The van der Waals surface area contributed by atoms with Crippen LogP contribution in [0.15, 0.2) is 72.9 Å². The lowest BCUT2D eigenvalue weighted by Crippen LogP contribution is -2.34. The smallest absolute Gasteiger partial charge is 0.472 e. The summed E-state index contributed by atoms with van der Waals surface area (Å²) in [6.45, 7) is 2.60. The van der Waals surface area contributed by atoms with Gasteiger partial charge in [-0.15, -0.1) is 0 Å². The molecule has 4 atom stereocenters. The molecular weight excluding hydrogens is 797 g/mol. The predicted molar refractivity (Wildman–Crippen MR) is 246 cm³/mol. The van der Waals surface area contributed by atoms with Crippen LogP contribution in [-0.4, -0.2) is 71.1 Å². The first-order chi connectivity index (χ1) is 29.5. The van der Waals surface area contributed by atoms with E-state index < -0.39 is 63.8 Å². The zero-order valence-electron chi connectivity index (χ0n) is 37.6. The maximum absolute atomic E-state index is 12.7. The third kappa shape index (κ3) is 42.0. The van der Waals surface area contributed by atoms with Gasteiger partial charge in [0.05, 0.1) is 19.3 Å². The van der Waals surface area contributed by atoms with E-state index in [-0.39, 0.29) is 12.8 Å². The van der Waals surface area contributed by atoms with E-state index >= 15 is 0 Å². The van der Waals surface area contributed by atoms with Crippen molar-refractivity contribution in [1.82, 2.24) is 0 Å². The Kier molecular flexibility index (Phi) is 40.0. The lowest BCUT2D eigenvalue weighted by atomic mass is 10.1. The Morgan fingerprint density at radius 3 is 1.67 bits per heavy atom. The van der Waals surface area contributed by atoms with E-state index in [0.717, 1.165) is 44.9 Å². The van der Waals surface area contributed by atoms with Crippen LogP contribution in [-0.2, 0) is 37.5 Å². The van der Waals surface area contributed by atoms with E-state index in [0.29, 0.717) is 32.1 Å². The molecule has 61 heavy (non-hydrogen) atoms. The summed E-state index contributed by atoms with van der Waals surface area (Å²) in [6.07, 6.45) is 47.1. The number of aliphatic hydroxyl groups excluding tert-OH is 1. The van der Waals surface area contributed by atoms with Gasteiger partial charge in [0, 0.05) is 12.8 Å². The molecule has 0 rings (SSSR count). The number of carboxylic acid groups (broad SMARTS) is 1. The zero-order chi connectivity index (χ0) is 45.1. The Balaban J connectivity index is 4.48. The first kappa shape index (κ1) is 57.9. The van der Waals surface area contributed by atoms with Crippen LogP contribution in [0.3, 0.4) is 0 Å². The first-order valence-corrected chi connectivity index (χ1v) is 24.6. The van der Waals surface area contributed by atoms with E-state index in [2.05, 4.69) is 48.8 Å². The summed E-state index contributed by atoms with van der Waals surface area (Å²) in [5.74, 6) is -2.51. The molecule has 0 spiro atoms. The van der Waals surface area contributed by atoms with Gasteiger partial charge in [0.15, 0.2) is 6.10 Å². The van der Waals surface area contributed by atoms with Gasteiger partial charge in [0.25, 0.3) is 0 Å². The highest BCUT2D eigenvalue weighted by Gasteiger charge is 2.28. The number of aliphatic carboxylic acids is 1. The van der Waals surface area contributed by atoms with Crippen molar-refractivity contribution in [2.45, 2.75) is 193 Å². The van der Waals surface area contributed by atoms with Gasteiger partial charge in [-0.05, 0) is 77.0 Å². The Labute approximate surface area is 368 Å². The topological polar surface area (TPSA) is 192 Å². The van der Waals surface area contributed by atoms with E-state index in [4.69, 9.17) is 24.8 Å². The molecule has 0 aliphatic carbocycles. The Morgan fingerprint density at radius 2 is 1.08 bits per heavy atom. The standard InChI is InChI=1S/C48H82NO11P/c1-3-5-7-9-11-12-13-14-15-16-17-18-19-20-21-22-27-31-35-39-47(52)60-44(41-58-61(55,56)59-42-45(49)48(53)54)40-57-46(51)38-34-30-26-24-23-25-29-33-37-43(50)36-32-28-10-8-6-4-2/h11-12,14-15,24-26,28-29,32-33,37,43-45,50H,3-10,13,16-23,27,30-31,34-36,38-42,49H2,1-2H3,(H,53,54)(H,55,56)/b12-11-,15-14-,26-24-,29-25-,32-28-,37-33+/t43-,44-,45+/m1/s1. The van der Waals surface area contributed by atoms with E-state index in [1.807, 2.05) is 36.5 Å². The van der Waals surface area contributed by atoms with Crippen LogP contribution < -0.4 is 5.73 Å². The summed E-state index contributed by atoms with van der Waals surface area (Å²) >= 11 is 0. The van der Waals surface area contributed by atoms with Crippen molar-refractivity contribution in [3.05, 3.63) is 72.9 Å². The molecule has 0 amide bonds. The van der Waals surface area contributed by atoms with Crippen molar-refractivity contribution < 1.29 is 52.6 Å². The van der Waals surface area contributed by atoms with Gasteiger partial charge in [-0.25, -0.2) is 4.57 Å². The fourth-order valence-corrected chi connectivity index (χ4v) is 6.60. The quantitative estimate of drug-likeness (QED) is 0.0149. The van der Waals surface area contributed by atoms with Crippen molar-refractivity contribution in [1.29, 1.82) is 0 Å². The van der Waals surface area contributed by atoms with Gasteiger partial charge >= 0.3 is 25.7 Å². The molecule has 0 radical (unpaired) electrons. The van der Waals surface area contributed by atoms with Crippen LogP contribution in [0, 0.1) is 0 Å². The number of carboxylic acids is 1. The number of rotatable bonds is 42. The molecule has 12 nitrogen and oxygen atoms in total. The number of nitrogens with two attached hydrogens (primary N) is 1. The molecule has 0 aliphatic rings. The van der Waals surface area contributed by atoms with Crippen LogP contribution in [0.4, 0.5) is 0 Å². The maximum Gasteiger partial charge on any atom is 0.472 e. The normalized spacial score (nSPS) is 14.8. The summed E-state index contributed by atoms with van der Waals surface area (Å²) in [7, 11) is -4.75. The average molecular weight is 880 g/mol. The molecule has 0 aliphatic heterocycles. The molecule has 350 valence electrons. The molecule has 0 heterocycles. The lowest BCUT2D eigenvalue weighted by Gasteiger charge is -2.20. The van der Waals surface area contributed by atoms with E-state index in [1.54, 1.807) is 6.08 Å². The monoisotopic (exact) mass is 880 g/mol. The summed E-state index contributed by atoms with van der Waals surface area (Å²) in [4.78, 5) is 46.0. The minimum absolute atomic E-state index is 0.110. The maximum atomic E-state index is 12.7. The van der Waals surface area contributed by atoms with Gasteiger partial charge in [0.2, 0.25) is 0 Å². The highest BCUT2D eigenvalue weighted by atomic mass is 31.2. The number of carbonyl (C=O) groups excluding carboxylic acids is 2. The van der Waals surface area contributed by atoms with Gasteiger partial charge in [-0.1, -0.05) is 157 Å². The summed E-state index contributed by atoms with van der Waals surface area (Å²) < 4.78 is 32.7. The molecule has 13 heteroatoms. The molecule has 0 aromatic heterocycles. The van der Waals surface area contributed by atoms with Crippen molar-refractivity contribution in [2.75, 3.05) is 19.8 Å². The van der Waals surface area contributed by atoms with Crippen molar-refractivity contribution >= 4 is 25.7 Å². The van der Waals surface area contributed by atoms with Gasteiger partial charge in [0.1, 0.15) is 12.6 Å². The fraction of sp³-hybridized carbons (Fsp3) is 0.688. The second kappa shape index (κ2) is 42.2. The van der Waals surface area contributed by atoms with E-state index in [9.17, 15) is 28.9 Å². The van der Waals surface area contributed by atoms with Crippen molar-refractivity contribution in [3.8, 4) is 0 Å². The molecule has 0 saturated carbocycles. The summed E-state index contributed by atoms with van der Waals surface area (Å²) in [5.41, 5.74) is 5.33. The molecule has 0 saturated heterocycles. The molecule has 0 fully saturated rings. The highest BCUT2D eigenvalue weighted by Crippen LogP contribution is 2.43. The molecule has 5 N–H and O–H groups in total. The third-order valence-electron chi connectivity index (χ3n) is 9.51. The summed E-state index contributed by atoms with van der Waals surface area (Å²) in [5, 5.41) is 18.9. The van der Waals surface area contributed by atoms with Crippen LogP contribution in [0.1, 0.15) is 174 Å². The number of hydrogen-bond acceptors (Lipinski definition) is 10. The van der Waals surface area contributed by atoms with Gasteiger partial charge in [-0.3, -0.25) is 23.4 Å². The number of aliphatic hydroxyl groups is 1. The number of hydrogen-bond donors (Lipinski definition) is 4. The third-order valence-corrected chi connectivity index (χ3v) is 10.5. The minimum Gasteiger partial charge on any atom is -0.480 e. The number of phosphoric ester groups is 1. The fourth-order valence-electron chi connectivity index (χ4n) is 5.82. The number of allylic oxidation sites excluding steroid dienone is 10. The number of ether oxygens (including phenoxy) is 2. The van der Waals surface area contributed by atoms with Gasteiger partial charge < -0.3 is 30.3 Å². The zero-order valence-corrected chi connectivity index (χ0v) is 38.5. The van der Waals surface area contributed by atoms with Gasteiger partial charge in [-0.2, -0.15) is 0 Å². The lowest BCUT2D eigenvalue weighted by molar-refractivity contribution is -0.161. The SMILES string of the molecule is CCCCC/C=C\C/C=C\CCCCCCCCCCCC(=O)O[C@H](COC(=O)CCC/C=C\C/C=C\C=C\[C@H](O)C/C=C\CCCCC)COP(=O)(O)OC[C@H](N)C(=O)O. The Morgan fingerprint density at radius 1 is 0.590 bits per heavy atom. The number of unbranched alkanes of at least 4 members (excludes halogenated alkanes) is 16. The molecular formula is C48H82NO11P. The van der Waals surface area contributed by atoms with Crippen LogP contribution in [0.5, 0.6) is 0 Å². The Hall–Kier alpha value is -3.12. The second-order valence-electron chi connectivity index (χ2n) is 15.4. The van der Waals surface area contributed by atoms with Crippen LogP contribution in [0.2, 0.25) is 0 Å². The molecule has 0 aromatic rings. The largest absolute Gasteiger partial charge is 0.480 e. The number of phosphoric acid groups is 1. The van der Waals surface area contributed by atoms with Crippen molar-refractivity contribution in [2.24, 2.45) is 5.73 Å². The summed E-state index contributed by atoms with van der Waals surface area (Å²) in [6, 6.07) is -1.54. The van der Waals surface area contributed by atoms with Crippen LogP contribution in [0.25, 0.3) is 0 Å². The van der Waals surface area contributed by atoms with Crippen molar-refractivity contribution in [3.63, 3.8) is 0 Å². The van der Waals surface area contributed by atoms with E-state index in [1.165, 1.54) is 70.6 Å².